The monoisotopic (exact) mass is 383 g/mol. The molecule has 0 bridgehead atoms. The van der Waals surface area contributed by atoms with Crippen LogP contribution in [0.15, 0.2) is 0 Å². The van der Waals surface area contributed by atoms with Gasteiger partial charge in [-0.3, -0.25) is 4.79 Å². The molecule has 0 aromatic heterocycles. The number of aliphatic hydroxyl groups is 1. The molecule has 5 atom stereocenters. The highest BCUT2D eigenvalue weighted by Crippen LogP contribution is 2.35. The van der Waals surface area contributed by atoms with E-state index in [4.69, 9.17) is 14.2 Å². The van der Waals surface area contributed by atoms with Crippen molar-refractivity contribution in [3.8, 4) is 0 Å². The summed E-state index contributed by atoms with van der Waals surface area (Å²) in [5, 5.41) is 14.2. The molecule has 0 saturated carbocycles. The van der Waals surface area contributed by atoms with Gasteiger partial charge in [0, 0.05) is 32.1 Å². The molecular weight excluding hydrogens is 350 g/mol. The fourth-order valence-corrected chi connectivity index (χ4v) is 4.64. The third-order valence-corrected chi connectivity index (χ3v) is 6.37. The largest absolute Gasteiger partial charge is 0.388 e. The quantitative estimate of drug-likeness (QED) is 0.643. The number of amides is 1. The number of nitrogens with one attached hydrogen (secondary N) is 1. The molecule has 0 aromatic carbocycles. The number of hydrogen-bond donors (Lipinski definition) is 2. The molecule has 4 rings (SSSR count). The van der Waals surface area contributed by atoms with Crippen molar-refractivity contribution in [2.24, 2.45) is 0 Å². The van der Waals surface area contributed by atoms with E-state index in [0.717, 1.165) is 25.9 Å². The second-order valence-electron chi connectivity index (χ2n) is 8.35. The predicted molar refractivity (Wildman–Crippen MR) is 98.5 cm³/mol. The molecule has 8 heteroatoms. The van der Waals surface area contributed by atoms with E-state index in [1.54, 1.807) is 0 Å². The molecular formula is C19H33N3O5. The van der Waals surface area contributed by atoms with Crippen LogP contribution in [0.3, 0.4) is 0 Å². The lowest BCUT2D eigenvalue weighted by atomic mass is 10.0. The number of ether oxygens (including phenoxy) is 3. The zero-order valence-electron chi connectivity index (χ0n) is 16.2. The summed E-state index contributed by atoms with van der Waals surface area (Å²) in [7, 11) is 2.15. The number of piperidine rings is 1. The smallest absolute Gasteiger partial charge is 0.225 e. The molecule has 0 radical (unpaired) electrons. The van der Waals surface area contributed by atoms with Crippen LogP contribution in [0.1, 0.15) is 25.7 Å². The Balaban J connectivity index is 1.20. The van der Waals surface area contributed by atoms with E-state index >= 15 is 0 Å². The first-order valence-electron chi connectivity index (χ1n) is 10.4. The maximum Gasteiger partial charge on any atom is 0.225 e. The molecule has 0 aromatic rings. The summed E-state index contributed by atoms with van der Waals surface area (Å²) in [5.41, 5.74) is 0. The van der Waals surface area contributed by atoms with Gasteiger partial charge in [-0.15, -0.1) is 0 Å². The van der Waals surface area contributed by atoms with Crippen LogP contribution in [0.25, 0.3) is 0 Å². The Bertz CT molecular complexity index is 508. The Kier molecular flexibility index (Phi) is 6.31. The van der Waals surface area contributed by atoms with Gasteiger partial charge in [0.1, 0.15) is 12.2 Å². The number of hydrogen-bond acceptors (Lipinski definition) is 7. The first-order chi connectivity index (χ1) is 13.1. The Labute approximate surface area is 161 Å². The molecule has 4 aliphatic heterocycles. The molecule has 27 heavy (non-hydrogen) atoms. The minimum absolute atomic E-state index is 0.105. The van der Waals surface area contributed by atoms with Crippen molar-refractivity contribution in [2.75, 3.05) is 53.0 Å². The molecule has 4 heterocycles. The van der Waals surface area contributed by atoms with Crippen LogP contribution in [-0.4, -0.2) is 110 Å². The van der Waals surface area contributed by atoms with Gasteiger partial charge in [-0.25, -0.2) is 0 Å². The number of carbonyl (C=O) groups excluding carboxylic acids is 1. The van der Waals surface area contributed by atoms with Crippen LogP contribution >= 0.6 is 0 Å². The molecule has 0 unspecified atom stereocenters. The normalized spacial score (nSPS) is 38.3. The predicted octanol–water partition coefficient (Wildman–Crippen LogP) is -0.795. The second-order valence-corrected chi connectivity index (χ2v) is 8.35. The van der Waals surface area contributed by atoms with Gasteiger partial charge in [-0.1, -0.05) is 0 Å². The third kappa shape index (κ3) is 4.63. The van der Waals surface area contributed by atoms with E-state index < -0.39 is 6.10 Å². The standard InChI is InChI=1S/C19H33N3O5/c1-21-4-2-13(3-5-21)20-12-16-18(24)19-15(27-16)10-14(26-19)11-17(23)22-6-8-25-9-7-22/h13-16,18-20,24H,2-12H2,1H3/t14-,15+,16+,18+,19-/m0/s1. The fraction of sp³-hybridized carbons (Fsp3) is 0.947. The van der Waals surface area contributed by atoms with E-state index in [1.807, 2.05) is 4.90 Å². The summed E-state index contributed by atoms with van der Waals surface area (Å²) in [5.74, 6) is 0.109. The van der Waals surface area contributed by atoms with E-state index in [0.29, 0.717) is 51.7 Å². The van der Waals surface area contributed by atoms with Crippen molar-refractivity contribution < 1.29 is 24.1 Å². The van der Waals surface area contributed by atoms with Crippen LogP contribution in [0.2, 0.25) is 0 Å². The Morgan fingerprint density at radius 3 is 2.59 bits per heavy atom. The van der Waals surface area contributed by atoms with Gasteiger partial charge in [-0.05, 0) is 33.0 Å². The fourth-order valence-electron chi connectivity index (χ4n) is 4.64. The van der Waals surface area contributed by atoms with Crippen molar-refractivity contribution in [1.29, 1.82) is 0 Å². The number of aliphatic hydroxyl groups excluding tert-OH is 1. The highest BCUT2D eigenvalue weighted by molar-refractivity contribution is 5.76. The van der Waals surface area contributed by atoms with Crippen molar-refractivity contribution >= 4 is 5.91 Å². The molecule has 4 fully saturated rings. The lowest BCUT2D eigenvalue weighted by Gasteiger charge is -2.31. The number of morpholine rings is 1. The number of nitrogens with zero attached hydrogens (tertiary/aromatic N) is 2. The van der Waals surface area contributed by atoms with Gasteiger partial charge >= 0.3 is 0 Å². The van der Waals surface area contributed by atoms with Gasteiger partial charge in [0.25, 0.3) is 0 Å². The highest BCUT2D eigenvalue weighted by atomic mass is 16.6. The Hall–Kier alpha value is -0.770. The molecule has 4 saturated heterocycles. The van der Waals surface area contributed by atoms with Crippen LogP contribution in [0.5, 0.6) is 0 Å². The average molecular weight is 383 g/mol. The van der Waals surface area contributed by atoms with Gasteiger partial charge < -0.3 is 34.4 Å². The SMILES string of the molecule is CN1CCC(NC[C@H]2O[C@@H]3C[C@@H](CC(=O)N4CCOCC4)O[C@@H]3[C@@H]2O)CC1. The van der Waals surface area contributed by atoms with E-state index in [2.05, 4.69) is 17.3 Å². The minimum Gasteiger partial charge on any atom is -0.388 e. The molecule has 0 aliphatic carbocycles. The number of likely N-dealkylation sites (tertiary alicyclic amines) is 1. The first-order valence-corrected chi connectivity index (χ1v) is 10.4. The lowest BCUT2D eigenvalue weighted by Crippen LogP contribution is -2.46. The summed E-state index contributed by atoms with van der Waals surface area (Å²) < 4.78 is 17.4. The molecule has 154 valence electrons. The van der Waals surface area contributed by atoms with Crippen LogP contribution in [-0.2, 0) is 19.0 Å². The summed E-state index contributed by atoms with van der Waals surface area (Å²) in [6.07, 6.45) is 1.89. The Morgan fingerprint density at radius 2 is 1.89 bits per heavy atom. The lowest BCUT2D eigenvalue weighted by molar-refractivity contribution is -0.138. The van der Waals surface area contributed by atoms with Crippen LogP contribution in [0, 0.1) is 0 Å². The number of rotatable bonds is 5. The summed E-state index contributed by atoms with van der Waals surface area (Å²) >= 11 is 0. The zero-order valence-corrected chi connectivity index (χ0v) is 16.2. The van der Waals surface area contributed by atoms with E-state index in [9.17, 15) is 9.90 Å². The Morgan fingerprint density at radius 1 is 1.15 bits per heavy atom. The number of fused-ring (bicyclic) bond motifs is 1. The number of carbonyl (C=O) groups is 1. The molecule has 2 N–H and O–H groups in total. The van der Waals surface area contributed by atoms with Crippen molar-refractivity contribution in [3.63, 3.8) is 0 Å². The third-order valence-electron chi connectivity index (χ3n) is 6.37. The minimum atomic E-state index is -0.628. The maximum atomic E-state index is 12.4. The van der Waals surface area contributed by atoms with Gasteiger partial charge in [0.15, 0.2) is 0 Å². The maximum absolute atomic E-state index is 12.4. The van der Waals surface area contributed by atoms with E-state index in [-0.39, 0.29) is 30.3 Å². The average Bonchev–Trinajstić information content (AvgIpc) is 3.20. The topological polar surface area (TPSA) is 83.5 Å². The first kappa shape index (κ1) is 19.5. The molecule has 1 amide bonds. The molecule has 8 nitrogen and oxygen atoms in total. The molecule has 0 spiro atoms. The summed E-state index contributed by atoms with van der Waals surface area (Å²) in [4.78, 5) is 16.6. The van der Waals surface area contributed by atoms with Crippen LogP contribution in [0.4, 0.5) is 0 Å². The van der Waals surface area contributed by atoms with Gasteiger partial charge in [0.05, 0.1) is 37.9 Å². The zero-order chi connectivity index (χ0) is 18.8. The highest BCUT2D eigenvalue weighted by Gasteiger charge is 2.50. The van der Waals surface area contributed by atoms with E-state index in [1.165, 1.54) is 0 Å². The van der Waals surface area contributed by atoms with Gasteiger partial charge in [0.2, 0.25) is 5.91 Å². The second kappa shape index (κ2) is 8.71. The summed E-state index contributed by atoms with van der Waals surface area (Å²) in [6.45, 7) is 5.40. The van der Waals surface area contributed by atoms with Crippen molar-refractivity contribution in [3.05, 3.63) is 0 Å². The van der Waals surface area contributed by atoms with Gasteiger partial charge in [-0.2, -0.15) is 0 Å². The summed E-state index contributed by atoms with van der Waals surface area (Å²) in [6, 6.07) is 0.497. The van der Waals surface area contributed by atoms with Crippen molar-refractivity contribution in [2.45, 2.75) is 62.2 Å². The molecule has 4 aliphatic rings. The van der Waals surface area contributed by atoms with Crippen molar-refractivity contribution in [1.82, 2.24) is 15.1 Å². The van der Waals surface area contributed by atoms with Crippen LogP contribution < -0.4 is 5.32 Å².